The summed E-state index contributed by atoms with van der Waals surface area (Å²) in [4.78, 5) is 2.79. The maximum atomic E-state index is 2.79. The van der Waals surface area contributed by atoms with Crippen LogP contribution in [0, 0.1) is 5.41 Å². The largest absolute Gasteiger partial charge is 0.300 e. The Kier molecular flexibility index (Phi) is 4.62. The Labute approximate surface area is 143 Å². The number of hydrogen-bond donors (Lipinski definition) is 0. The fourth-order valence-corrected chi connectivity index (χ4v) is 4.62. The smallest absolute Gasteiger partial charge is 0.0101 e. The van der Waals surface area contributed by atoms with Crippen LogP contribution in [-0.2, 0) is 5.41 Å². The molecule has 2 atom stereocenters. The van der Waals surface area contributed by atoms with Crippen LogP contribution in [0.15, 0.2) is 24.3 Å². The molecule has 0 N–H and O–H groups in total. The van der Waals surface area contributed by atoms with E-state index in [-0.39, 0.29) is 5.41 Å². The van der Waals surface area contributed by atoms with Gasteiger partial charge in [0.25, 0.3) is 0 Å². The fourth-order valence-electron chi connectivity index (χ4n) is 4.62. The molecule has 0 bridgehead atoms. The van der Waals surface area contributed by atoms with Gasteiger partial charge >= 0.3 is 0 Å². The minimum Gasteiger partial charge on any atom is -0.300 e. The molecule has 1 saturated heterocycles. The molecule has 1 nitrogen and oxygen atoms in total. The normalized spacial score (nSPS) is 28.9. The van der Waals surface area contributed by atoms with Crippen LogP contribution < -0.4 is 0 Å². The zero-order valence-electron chi connectivity index (χ0n) is 15.9. The second-order valence-electron chi connectivity index (χ2n) is 9.77. The highest BCUT2D eigenvalue weighted by atomic mass is 15.2. The van der Waals surface area contributed by atoms with Gasteiger partial charge in [-0.2, -0.15) is 0 Å². The lowest BCUT2D eigenvalue weighted by Crippen LogP contribution is -2.39. The Morgan fingerprint density at radius 1 is 1.04 bits per heavy atom. The number of likely N-dealkylation sites (tertiary alicyclic amines) is 1. The Bertz CT molecular complexity index is 520. The highest BCUT2D eigenvalue weighted by molar-refractivity contribution is 5.30. The zero-order chi connectivity index (χ0) is 16.7. The Hall–Kier alpha value is -0.820. The van der Waals surface area contributed by atoms with Gasteiger partial charge in [0.2, 0.25) is 0 Å². The highest BCUT2D eigenvalue weighted by Crippen LogP contribution is 2.40. The van der Waals surface area contributed by atoms with E-state index in [1.165, 1.54) is 50.8 Å². The zero-order valence-corrected chi connectivity index (χ0v) is 15.9. The van der Waals surface area contributed by atoms with E-state index in [9.17, 15) is 0 Å². The van der Waals surface area contributed by atoms with Gasteiger partial charge in [0, 0.05) is 12.6 Å². The van der Waals surface area contributed by atoms with E-state index in [1.54, 1.807) is 5.56 Å². The molecular weight excluding hydrogens is 278 g/mol. The maximum Gasteiger partial charge on any atom is 0.0101 e. The summed E-state index contributed by atoms with van der Waals surface area (Å²) in [6.45, 7) is 14.4. The van der Waals surface area contributed by atoms with Gasteiger partial charge in [-0.3, -0.25) is 4.90 Å². The molecule has 1 aliphatic heterocycles. The summed E-state index contributed by atoms with van der Waals surface area (Å²) >= 11 is 0. The number of hydrogen-bond acceptors (Lipinski definition) is 1. The first-order valence-corrected chi connectivity index (χ1v) is 9.59. The molecule has 1 heterocycles. The number of nitrogens with zero attached hydrogens (tertiary/aromatic N) is 1. The minimum absolute atomic E-state index is 0.258. The lowest BCUT2D eigenvalue weighted by Gasteiger charge is -2.40. The van der Waals surface area contributed by atoms with Crippen LogP contribution >= 0.6 is 0 Å². The van der Waals surface area contributed by atoms with Crippen molar-refractivity contribution in [3.63, 3.8) is 0 Å². The molecule has 3 rings (SSSR count). The van der Waals surface area contributed by atoms with Crippen molar-refractivity contribution < 1.29 is 0 Å². The summed E-state index contributed by atoms with van der Waals surface area (Å²) in [7, 11) is 0. The van der Waals surface area contributed by atoms with Gasteiger partial charge in [-0.05, 0) is 60.1 Å². The molecule has 0 aromatic heterocycles. The van der Waals surface area contributed by atoms with E-state index in [0.29, 0.717) is 5.41 Å². The Morgan fingerprint density at radius 2 is 1.74 bits per heavy atom. The van der Waals surface area contributed by atoms with Gasteiger partial charge < -0.3 is 0 Å². The van der Waals surface area contributed by atoms with Crippen molar-refractivity contribution in [2.75, 3.05) is 13.1 Å². The van der Waals surface area contributed by atoms with E-state index in [0.717, 1.165) is 12.0 Å². The quantitative estimate of drug-likeness (QED) is 0.672. The second kappa shape index (κ2) is 6.24. The van der Waals surface area contributed by atoms with Crippen molar-refractivity contribution in [2.45, 2.75) is 84.1 Å². The Morgan fingerprint density at radius 3 is 2.35 bits per heavy atom. The SMILES string of the molecule is CC1(C)CCCC(N2CCC(c3ccc(C(C)(C)C)cc3)C2)C1. The molecule has 1 aromatic carbocycles. The molecule has 1 aliphatic carbocycles. The summed E-state index contributed by atoms with van der Waals surface area (Å²) in [5.74, 6) is 0.744. The molecule has 1 aromatic rings. The first-order chi connectivity index (χ1) is 10.7. The van der Waals surface area contributed by atoms with E-state index in [4.69, 9.17) is 0 Å². The molecule has 1 heteroatoms. The van der Waals surface area contributed by atoms with Crippen molar-refractivity contribution >= 4 is 0 Å². The average molecular weight is 314 g/mol. The van der Waals surface area contributed by atoms with Gasteiger partial charge in [0.05, 0.1) is 0 Å². The average Bonchev–Trinajstić information content (AvgIpc) is 2.95. The standard InChI is InChI=1S/C22H35N/c1-21(2,3)19-10-8-17(9-11-19)18-12-14-23(16-18)20-7-6-13-22(4,5)15-20/h8-11,18,20H,6-7,12-16H2,1-5H3. The van der Waals surface area contributed by atoms with Crippen LogP contribution in [0.25, 0.3) is 0 Å². The maximum absolute atomic E-state index is 2.79. The molecule has 0 spiro atoms. The lowest BCUT2D eigenvalue weighted by atomic mass is 9.75. The van der Waals surface area contributed by atoms with Gasteiger partial charge in [0.15, 0.2) is 0 Å². The van der Waals surface area contributed by atoms with Crippen molar-refractivity contribution in [3.8, 4) is 0 Å². The van der Waals surface area contributed by atoms with Crippen LogP contribution in [0.5, 0.6) is 0 Å². The third-order valence-electron chi connectivity index (χ3n) is 6.16. The first-order valence-electron chi connectivity index (χ1n) is 9.59. The predicted octanol–water partition coefficient (Wildman–Crippen LogP) is 5.74. The fraction of sp³-hybridized carbons (Fsp3) is 0.727. The molecular formula is C22H35N. The Balaban J connectivity index is 1.63. The van der Waals surface area contributed by atoms with Gasteiger partial charge in [-0.15, -0.1) is 0 Å². The van der Waals surface area contributed by atoms with E-state index < -0.39 is 0 Å². The van der Waals surface area contributed by atoms with Crippen LogP contribution in [0.2, 0.25) is 0 Å². The van der Waals surface area contributed by atoms with E-state index in [1.807, 2.05) is 0 Å². The van der Waals surface area contributed by atoms with Crippen molar-refractivity contribution in [2.24, 2.45) is 5.41 Å². The van der Waals surface area contributed by atoms with Crippen LogP contribution in [0.1, 0.15) is 83.8 Å². The van der Waals surface area contributed by atoms with Crippen molar-refractivity contribution in [3.05, 3.63) is 35.4 Å². The molecule has 0 radical (unpaired) electrons. The molecule has 2 fully saturated rings. The molecule has 128 valence electrons. The molecule has 2 unspecified atom stereocenters. The molecule has 2 aliphatic rings. The lowest BCUT2D eigenvalue weighted by molar-refractivity contribution is 0.112. The van der Waals surface area contributed by atoms with E-state index in [2.05, 4.69) is 63.8 Å². The predicted molar refractivity (Wildman–Crippen MR) is 100 cm³/mol. The number of rotatable bonds is 2. The second-order valence-corrected chi connectivity index (χ2v) is 9.77. The minimum atomic E-state index is 0.258. The highest BCUT2D eigenvalue weighted by Gasteiger charge is 2.35. The first kappa shape index (κ1) is 17.0. The summed E-state index contributed by atoms with van der Waals surface area (Å²) in [6.07, 6.45) is 6.97. The third-order valence-corrected chi connectivity index (χ3v) is 6.16. The summed E-state index contributed by atoms with van der Waals surface area (Å²) in [5.41, 5.74) is 3.81. The topological polar surface area (TPSA) is 3.24 Å². The molecule has 0 amide bonds. The number of benzene rings is 1. The third kappa shape index (κ3) is 3.99. The summed E-state index contributed by atoms with van der Waals surface area (Å²) in [5, 5.41) is 0. The van der Waals surface area contributed by atoms with Gasteiger partial charge in [-0.25, -0.2) is 0 Å². The summed E-state index contributed by atoms with van der Waals surface area (Å²) < 4.78 is 0. The monoisotopic (exact) mass is 313 g/mol. The van der Waals surface area contributed by atoms with Crippen LogP contribution in [0.4, 0.5) is 0 Å². The van der Waals surface area contributed by atoms with E-state index >= 15 is 0 Å². The van der Waals surface area contributed by atoms with Crippen molar-refractivity contribution in [1.29, 1.82) is 0 Å². The summed E-state index contributed by atoms with van der Waals surface area (Å²) in [6, 6.07) is 10.3. The molecule has 23 heavy (non-hydrogen) atoms. The van der Waals surface area contributed by atoms with Crippen LogP contribution in [0.3, 0.4) is 0 Å². The molecule has 1 saturated carbocycles. The van der Waals surface area contributed by atoms with Gasteiger partial charge in [-0.1, -0.05) is 65.3 Å². The van der Waals surface area contributed by atoms with Crippen LogP contribution in [-0.4, -0.2) is 24.0 Å². The van der Waals surface area contributed by atoms with Gasteiger partial charge in [0.1, 0.15) is 0 Å². The van der Waals surface area contributed by atoms with Crippen molar-refractivity contribution in [1.82, 2.24) is 4.90 Å².